The number of nitrogens with one attached hydrogen (secondary N) is 2. The van der Waals surface area contributed by atoms with Crippen molar-refractivity contribution in [1.29, 1.82) is 0 Å². The second-order valence-corrected chi connectivity index (χ2v) is 4.29. The molecule has 0 saturated heterocycles. The van der Waals surface area contributed by atoms with Gasteiger partial charge in [0.15, 0.2) is 0 Å². The Hall–Kier alpha value is -1.33. The first-order valence-corrected chi connectivity index (χ1v) is 5.84. The largest absolute Gasteiger partial charge is 0.347 e. The summed E-state index contributed by atoms with van der Waals surface area (Å²) in [6.07, 6.45) is 3.14. The van der Waals surface area contributed by atoms with Crippen LogP contribution in [0.5, 0.6) is 0 Å². The van der Waals surface area contributed by atoms with Gasteiger partial charge in [0, 0.05) is 20.1 Å². The fraction of sp³-hybridized carbons (Fsp3) is 0.500. The van der Waals surface area contributed by atoms with Gasteiger partial charge in [-0.2, -0.15) is 5.10 Å². The summed E-state index contributed by atoms with van der Waals surface area (Å²) in [6.45, 7) is 4.40. The summed E-state index contributed by atoms with van der Waals surface area (Å²) in [5.41, 5.74) is 2.76. The fourth-order valence-electron chi connectivity index (χ4n) is 1.94. The molecule has 5 nitrogen and oxygen atoms in total. The standard InChI is InChI=1S/C12H18N4O.ClH/c1-9-7-11(16(2)15-9)12(17)14-8-10-3-5-13-6-4-10;/h3,7,13H,4-6,8H2,1-2H3,(H,14,17);1H. The van der Waals surface area contributed by atoms with Crippen molar-refractivity contribution in [2.24, 2.45) is 7.05 Å². The highest BCUT2D eigenvalue weighted by molar-refractivity contribution is 5.92. The predicted molar refractivity (Wildman–Crippen MR) is 73.1 cm³/mol. The molecular formula is C12H19ClN4O. The zero-order valence-corrected chi connectivity index (χ0v) is 11.5. The zero-order valence-electron chi connectivity index (χ0n) is 10.7. The van der Waals surface area contributed by atoms with Gasteiger partial charge in [-0.1, -0.05) is 11.6 Å². The van der Waals surface area contributed by atoms with Crippen LogP contribution in [0.2, 0.25) is 0 Å². The number of aromatic nitrogens is 2. The number of carbonyl (C=O) groups is 1. The van der Waals surface area contributed by atoms with Crippen molar-refractivity contribution >= 4 is 18.3 Å². The van der Waals surface area contributed by atoms with Gasteiger partial charge in [0.25, 0.3) is 5.91 Å². The van der Waals surface area contributed by atoms with E-state index in [0.29, 0.717) is 12.2 Å². The van der Waals surface area contributed by atoms with Crippen molar-refractivity contribution in [3.05, 3.63) is 29.1 Å². The van der Waals surface area contributed by atoms with Gasteiger partial charge in [-0.3, -0.25) is 9.48 Å². The van der Waals surface area contributed by atoms with Crippen LogP contribution in [0.4, 0.5) is 0 Å². The number of carbonyl (C=O) groups excluding carboxylic acids is 1. The van der Waals surface area contributed by atoms with Crippen LogP contribution in [0.3, 0.4) is 0 Å². The van der Waals surface area contributed by atoms with Gasteiger partial charge < -0.3 is 10.6 Å². The van der Waals surface area contributed by atoms with Crippen LogP contribution in [-0.4, -0.2) is 35.3 Å². The average molecular weight is 271 g/mol. The van der Waals surface area contributed by atoms with Gasteiger partial charge >= 0.3 is 0 Å². The number of nitrogens with zero attached hydrogens (tertiary/aromatic N) is 2. The second-order valence-electron chi connectivity index (χ2n) is 4.29. The second kappa shape index (κ2) is 6.56. The minimum atomic E-state index is -0.0625. The van der Waals surface area contributed by atoms with E-state index in [1.165, 1.54) is 5.57 Å². The van der Waals surface area contributed by atoms with Gasteiger partial charge in [-0.05, 0) is 26.0 Å². The van der Waals surface area contributed by atoms with Crippen molar-refractivity contribution in [2.75, 3.05) is 19.6 Å². The van der Waals surface area contributed by atoms with Crippen molar-refractivity contribution < 1.29 is 4.79 Å². The Bertz CT molecular complexity index is 453. The Morgan fingerprint density at radius 1 is 1.61 bits per heavy atom. The highest BCUT2D eigenvalue weighted by Crippen LogP contribution is 2.04. The molecule has 2 rings (SSSR count). The van der Waals surface area contributed by atoms with E-state index in [0.717, 1.165) is 25.2 Å². The molecule has 0 aliphatic carbocycles. The molecule has 0 saturated carbocycles. The van der Waals surface area contributed by atoms with Crippen LogP contribution in [-0.2, 0) is 7.05 Å². The van der Waals surface area contributed by atoms with Gasteiger partial charge in [-0.15, -0.1) is 12.4 Å². The minimum Gasteiger partial charge on any atom is -0.347 e. The summed E-state index contributed by atoms with van der Waals surface area (Å²) in [7, 11) is 1.78. The molecule has 0 radical (unpaired) electrons. The average Bonchev–Trinajstić information content (AvgIpc) is 2.67. The van der Waals surface area contributed by atoms with E-state index < -0.39 is 0 Å². The molecule has 6 heteroatoms. The molecule has 1 aromatic rings. The lowest BCUT2D eigenvalue weighted by Gasteiger charge is -2.14. The third-order valence-corrected chi connectivity index (χ3v) is 2.87. The summed E-state index contributed by atoms with van der Waals surface area (Å²) in [4.78, 5) is 11.9. The maximum absolute atomic E-state index is 11.9. The molecule has 1 aromatic heterocycles. The first-order valence-electron chi connectivity index (χ1n) is 5.84. The maximum atomic E-state index is 11.9. The normalized spacial score (nSPS) is 14.7. The maximum Gasteiger partial charge on any atom is 0.269 e. The molecule has 0 bridgehead atoms. The molecule has 2 heterocycles. The first-order chi connectivity index (χ1) is 8.16. The Morgan fingerprint density at radius 3 is 2.94 bits per heavy atom. The van der Waals surface area contributed by atoms with Crippen LogP contribution >= 0.6 is 12.4 Å². The smallest absolute Gasteiger partial charge is 0.269 e. The van der Waals surface area contributed by atoms with Crippen LogP contribution in [0.15, 0.2) is 17.7 Å². The number of halogens is 1. The summed E-state index contributed by atoms with van der Waals surface area (Å²) in [5, 5.41) is 10.3. The summed E-state index contributed by atoms with van der Waals surface area (Å²) < 4.78 is 1.61. The molecule has 0 fully saturated rings. The SMILES string of the molecule is Cc1cc(C(=O)NCC2=CCNCC2)n(C)n1.Cl. The number of amides is 1. The number of rotatable bonds is 3. The monoisotopic (exact) mass is 270 g/mol. The van der Waals surface area contributed by atoms with Crippen LogP contribution in [0.25, 0.3) is 0 Å². The molecule has 0 aromatic carbocycles. The molecule has 0 spiro atoms. The molecule has 2 N–H and O–H groups in total. The van der Waals surface area contributed by atoms with Crippen LogP contribution < -0.4 is 10.6 Å². The van der Waals surface area contributed by atoms with E-state index in [9.17, 15) is 4.79 Å². The minimum absolute atomic E-state index is 0. The summed E-state index contributed by atoms with van der Waals surface area (Å²) in [5.74, 6) is -0.0625. The van der Waals surface area contributed by atoms with Gasteiger partial charge in [0.2, 0.25) is 0 Å². The van der Waals surface area contributed by atoms with Crippen molar-refractivity contribution in [3.63, 3.8) is 0 Å². The van der Waals surface area contributed by atoms with E-state index in [2.05, 4.69) is 21.8 Å². The van der Waals surface area contributed by atoms with Gasteiger partial charge in [0.1, 0.15) is 5.69 Å². The number of aryl methyl sites for hydroxylation is 2. The lowest BCUT2D eigenvalue weighted by molar-refractivity contribution is 0.0947. The molecule has 0 atom stereocenters. The quantitative estimate of drug-likeness (QED) is 0.799. The number of hydrogen-bond acceptors (Lipinski definition) is 3. The molecule has 1 aliphatic heterocycles. The van der Waals surface area contributed by atoms with E-state index in [1.54, 1.807) is 17.8 Å². The van der Waals surface area contributed by atoms with Gasteiger partial charge in [0.05, 0.1) is 5.69 Å². The summed E-state index contributed by atoms with van der Waals surface area (Å²) >= 11 is 0. The van der Waals surface area contributed by atoms with E-state index in [4.69, 9.17) is 0 Å². The molecular weight excluding hydrogens is 252 g/mol. The van der Waals surface area contributed by atoms with Crippen molar-refractivity contribution in [2.45, 2.75) is 13.3 Å². The van der Waals surface area contributed by atoms with E-state index >= 15 is 0 Å². The summed E-state index contributed by atoms with van der Waals surface area (Å²) in [6, 6.07) is 1.80. The van der Waals surface area contributed by atoms with Gasteiger partial charge in [-0.25, -0.2) is 0 Å². The van der Waals surface area contributed by atoms with E-state index in [-0.39, 0.29) is 18.3 Å². The van der Waals surface area contributed by atoms with Crippen LogP contribution in [0.1, 0.15) is 22.6 Å². The lowest BCUT2D eigenvalue weighted by atomic mass is 10.1. The molecule has 100 valence electrons. The number of hydrogen-bond donors (Lipinski definition) is 2. The Labute approximate surface area is 113 Å². The Morgan fingerprint density at radius 2 is 2.39 bits per heavy atom. The zero-order chi connectivity index (χ0) is 12.3. The molecule has 1 amide bonds. The van der Waals surface area contributed by atoms with E-state index in [1.807, 2.05) is 6.92 Å². The topological polar surface area (TPSA) is 59.0 Å². The van der Waals surface area contributed by atoms with Crippen molar-refractivity contribution in [1.82, 2.24) is 20.4 Å². The Balaban J connectivity index is 0.00000162. The Kier molecular flexibility index (Phi) is 5.37. The third-order valence-electron chi connectivity index (χ3n) is 2.87. The molecule has 0 unspecified atom stereocenters. The van der Waals surface area contributed by atoms with Crippen molar-refractivity contribution in [3.8, 4) is 0 Å². The third kappa shape index (κ3) is 3.58. The lowest BCUT2D eigenvalue weighted by Crippen LogP contribution is -2.30. The predicted octanol–water partition coefficient (Wildman–Crippen LogP) is 0.800. The molecule has 1 aliphatic rings. The highest BCUT2D eigenvalue weighted by Gasteiger charge is 2.12. The highest BCUT2D eigenvalue weighted by atomic mass is 35.5. The first kappa shape index (κ1) is 14.7. The van der Waals surface area contributed by atoms with Crippen LogP contribution in [0, 0.1) is 6.92 Å². The fourth-order valence-corrected chi connectivity index (χ4v) is 1.94. The molecule has 18 heavy (non-hydrogen) atoms.